The molecule has 0 amide bonds. The van der Waals surface area contributed by atoms with Crippen molar-refractivity contribution < 1.29 is 14.6 Å². The Balaban J connectivity index is 2.11. The van der Waals surface area contributed by atoms with Crippen LogP contribution in [0.25, 0.3) is 5.76 Å². The highest BCUT2D eigenvalue weighted by molar-refractivity contribution is 6.02. The monoisotopic (exact) mass is 218 g/mol. The Morgan fingerprint density at radius 2 is 1.94 bits per heavy atom. The van der Waals surface area contributed by atoms with Crippen molar-refractivity contribution in [2.75, 3.05) is 6.61 Å². The summed E-state index contributed by atoms with van der Waals surface area (Å²) < 4.78 is 5.17. The maximum atomic E-state index is 11.5. The zero-order valence-corrected chi connectivity index (χ0v) is 8.98. The quantitative estimate of drug-likeness (QED) is 0.623. The second kappa shape index (κ2) is 4.94. The molecular formula is C13H14O3. The molecule has 16 heavy (non-hydrogen) atoms. The summed E-state index contributed by atoms with van der Waals surface area (Å²) in [7, 11) is 0. The van der Waals surface area contributed by atoms with Crippen LogP contribution in [0.15, 0.2) is 30.3 Å². The first-order chi connectivity index (χ1) is 7.83. The van der Waals surface area contributed by atoms with Crippen LogP contribution in [0.5, 0.6) is 0 Å². The van der Waals surface area contributed by atoms with Gasteiger partial charge in [0.1, 0.15) is 5.76 Å². The van der Waals surface area contributed by atoms with Gasteiger partial charge in [0.15, 0.2) is 0 Å². The van der Waals surface area contributed by atoms with Gasteiger partial charge in [0.05, 0.1) is 5.56 Å². The number of cyclic esters (lactones) is 1. The van der Waals surface area contributed by atoms with Crippen molar-refractivity contribution in [2.45, 2.75) is 19.3 Å². The third-order valence-corrected chi connectivity index (χ3v) is 2.56. The first-order valence-corrected chi connectivity index (χ1v) is 5.45. The number of benzene rings is 1. The molecule has 0 aromatic heterocycles. The Labute approximate surface area is 94.4 Å². The number of carbonyl (C=O) groups is 1. The molecule has 1 N–H and O–H groups in total. The standard InChI is InChI=1S/C13H14O3/c14-9-5-1-2-8-12-10-6-3-4-7-11(10)13(15)16-12/h3-4,6-8,14H,1-2,5,9H2/b12-8+. The molecule has 1 aliphatic heterocycles. The highest BCUT2D eigenvalue weighted by atomic mass is 16.5. The average molecular weight is 218 g/mol. The van der Waals surface area contributed by atoms with Gasteiger partial charge in [0.2, 0.25) is 0 Å². The van der Waals surface area contributed by atoms with Crippen molar-refractivity contribution >= 4 is 11.7 Å². The minimum absolute atomic E-state index is 0.208. The number of unbranched alkanes of at least 4 members (excludes halogenated alkanes) is 2. The van der Waals surface area contributed by atoms with Gasteiger partial charge >= 0.3 is 5.97 Å². The summed E-state index contributed by atoms with van der Waals surface area (Å²) in [6, 6.07) is 7.38. The summed E-state index contributed by atoms with van der Waals surface area (Å²) in [6.45, 7) is 0.208. The molecule has 0 fully saturated rings. The van der Waals surface area contributed by atoms with Crippen molar-refractivity contribution in [1.29, 1.82) is 0 Å². The van der Waals surface area contributed by atoms with Crippen LogP contribution >= 0.6 is 0 Å². The van der Waals surface area contributed by atoms with Crippen LogP contribution < -0.4 is 0 Å². The fraction of sp³-hybridized carbons (Fsp3) is 0.308. The van der Waals surface area contributed by atoms with Gasteiger partial charge in [0.25, 0.3) is 0 Å². The van der Waals surface area contributed by atoms with E-state index >= 15 is 0 Å². The van der Waals surface area contributed by atoms with Crippen LogP contribution in [-0.4, -0.2) is 17.7 Å². The molecule has 0 spiro atoms. The number of esters is 1. The molecule has 1 heterocycles. The molecule has 0 unspecified atom stereocenters. The van der Waals surface area contributed by atoms with E-state index in [-0.39, 0.29) is 12.6 Å². The minimum Gasteiger partial charge on any atom is -0.423 e. The highest BCUT2D eigenvalue weighted by Gasteiger charge is 2.24. The molecule has 0 atom stereocenters. The Morgan fingerprint density at radius 1 is 1.19 bits per heavy atom. The number of ether oxygens (including phenoxy) is 1. The fourth-order valence-electron chi connectivity index (χ4n) is 1.73. The zero-order chi connectivity index (χ0) is 11.4. The van der Waals surface area contributed by atoms with Gasteiger partial charge in [0, 0.05) is 12.2 Å². The van der Waals surface area contributed by atoms with E-state index in [0.29, 0.717) is 11.3 Å². The van der Waals surface area contributed by atoms with E-state index in [1.54, 1.807) is 6.07 Å². The summed E-state index contributed by atoms with van der Waals surface area (Å²) in [6.07, 6.45) is 4.41. The number of hydrogen-bond acceptors (Lipinski definition) is 3. The summed E-state index contributed by atoms with van der Waals surface area (Å²) in [4.78, 5) is 11.5. The van der Waals surface area contributed by atoms with Gasteiger partial charge in [-0.05, 0) is 31.4 Å². The van der Waals surface area contributed by atoms with E-state index in [9.17, 15) is 4.79 Å². The molecule has 1 aromatic carbocycles. The Kier molecular flexibility index (Phi) is 3.37. The van der Waals surface area contributed by atoms with Crippen molar-refractivity contribution in [3.63, 3.8) is 0 Å². The van der Waals surface area contributed by atoms with Gasteiger partial charge < -0.3 is 9.84 Å². The lowest BCUT2D eigenvalue weighted by Crippen LogP contribution is -1.92. The highest BCUT2D eigenvalue weighted by Crippen LogP contribution is 2.29. The lowest BCUT2D eigenvalue weighted by atomic mass is 10.1. The lowest BCUT2D eigenvalue weighted by molar-refractivity contribution is 0.0715. The average Bonchev–Trinajstić information content (AvgIpc) is 2.63. The molecule has 0 bridgehead atoms. The molecule has 84 valence electrons. The normalized spacial score (nSPS) is 16.3. The van der Waals surface area contributed by atoms with Crippen molar-refractivity contribution in [1.82, 2.24) is 0 Å². The molecule has 0 aliphatic carbocycles. The second-order valence-electron chi connectivity index (χ2n) is 3.72. The van der Waals surface area contributed by atoms with E-state index in [1.807, 2.05) is 24.3 Å². The van der Waals surface area contributed by atoms with Crippen molar-refractivity contribution in [3.8, 4) is 0 Å². The third kappa shape index (κ3) is 2.14. The zero-order valence-electron chi connectivity index (χ0n) is 8.98. The number of fused-ring (bicyclic) bond motifs is 1. The van der Waals surface area contributed by atoms with E-state index in [4.69, 9.17) is 9.84 Å². The van der Waals surface area contributed by atoms with E-state index in [2.05, 4.69) is 0 Å². The molecule has 3 nitrogen and oxygen atoms in total. The maximum absolute atomic E-state index is 11.5. The topological polar surface area (TPSA) is 46.5 Å². The van der Waals surface area contributed by atoms with Crippen LogP contribution in [0.4, 0.5) is 0 Å². The van der Waals surface area contributed by atoms with Gasteiger partial charge in [-0.3, -0.25) is 0 Å². The van der Waals surface area contributed by atoms with E-state index in [0.717, 1.165) is 24.8 Å². The number of allylic oxidation sites excluding steroid dienone is 1. The number of aliphatic hydroxyl groups is 1. The minimum atomic E-state index is -0.274. The SMILES string of the molecule is O=C1O/C(=C/CCCCO)c2ccccc21. The van der Waals surface area contributed by atoms with Gasteiger partial charge in [-0.25, -0.2) is 4.79 Å². The van der Waals surface area contributed by atoms with Gasteiger partial charge in [-0.15, -0.1) is 0 Å². The van der Waals surface area contributed by atoms with Crippen LogP contribution in [0.3, 0.4) is 0 Å². The molecule has 1 aromatic rings. The van der Waals surface area contributed by atoms with Crippen LogP contribution in [0.2, 0.25) is 0 Å². The molecular weight excluding hydrogens is 204 g/mol. The summed E-state index contributed by atoms with van der Waals surface area (Å²) in [5.41, 5.74) is 1.51. The molecule has 0 saturated carbocycles. The van der Waals surface area contributed by atoms with E-state index in [1.165, 1.54) is 0 Å². The first kappa shape index (κ1) is 10.9. The molecule has 0 saturated heterocycles. The second-order valence-corrected chi connectivity index (χ2v) is 3.72. The predicted molar refractivity (Wildman–Crippen MR) is 60.8 cm³/mol. The molecule has 0 radical (unpaired) electrons. The summed E-state index contributed by atoms with van der Waals surface area (Å²) in [5, 5.41) is 8.65. The van der Waals surface area contributed by atoms with Crippen molar-refractivity contribution in [3.05, 3.63) is 41.5 Å². The number of aliphatic hydroxyl groups excluding tert-OH is 1. The number of carbonyl (C=O) groups excluding carboxylic acids is 1. The molecule has 3 heteroatoms. The Morgan fingerprint density at radius 3 is 2.69 bits per heavy atom. The van der Waals surface area contributed by atoms with Crippen LogP contribution in [0, 0.1) is 0 Å². The number of hydrogen-bond donors (Lipinski definition) is 1. The van der Waals surface area contributed by atoms with Gasteiger partial charge in [-0.1, -0.05) is 18.2 Å². The lowest BCUT2D eigenvalue weighted by Gasteiger charge is -1.98. The van der Waals surface area contributed by atoms with E-state index < -0.39 is 0 Å². The third-order valence-electron chi connectivity index (χ3n) is 2.56. The Bertz CT molecular complexity index is 421. The van der Waals surface area contributed by atoms with Crippen molar-refractivity contribution in [2.24, 2.45) is 0 Å². The first-order valence-electron chi connectivity index (χ1n) is 5.45. The largest absolute Gasteiger partial charge is 0.423 e. The van der Waals surface area contributed by atoms with Gasteiger partial charge in [-0.2, -0.15) is 0 Å². The molecule has 1 aliphatic rings. The van der Waals surface area contributed by atoms with Crippen LogP contribution in [-0.2, 0) is 4.74 Å². The summed E-state index contributed by atoms with van der Waals surface area (Å²) in [5.74, 6) is 0.377. The summed E-state index contributed by atoms with van der Waals surface area (Å²) >= 11 is 0. The smallest absolute Gasteiger partial charge is 0.344 e. The number of rotatable bonds is 4. The predicted octanol–water partition coefficient (Wildman–Crippen LogP) is 2.36. The maximum Gasteiger partial charge on any atom is 0.344 e. The fourth-order valence-corrected chi connectivity index (χ4v) is 1.73. The Hall–Kier alpha value is -1.61. The molecule has 2 rings (SSSR count). The van der Waals surface area contributed by atoms with Crippen LogP contribution in [0.1, 0.15) is 35.2 Å².